The summed E-state index contributed by atoms with van der Waals surface area (Å²) >= 11 is 0. The van der Waals surface area contributed by atoms with Gasteiger partial charge < -0.3 is 10.1 Å². The Balaban J connectivity index is 1.73. The van der Waals surface area contributed by atoms with Crippen molar-refractivity contribution >= 4 is 11.6 Å². The number of hydrogen-bond acceptors (Lipinski definition) is 5. The molecule has 0 aliphatic rings. The molecule has 0 bridgehead atoms. The fraction of sp³-hybridized carbons (Fsp3) is 0.250. The average Bonchev–Trinajstić information content (AvgIpc) is 2.64. The Morgan fingerprint density at radius 3 is 2.54 bits per heavy atom. The first kappa shape index (κ1) is 17.7. The van der Waals surface area contributed by atoms with E-state index >= 15 is 0 Å². The van der Waals surface area contributed by atoms with E-state index < -0.39 is 0 Å². The van der Waals surface area contributed by atoms with Crippen molar-refractivity contribution in [2.24, 2.45) is 0 Å². The van der Waals surface area contributed by atoms with Gasteiger partial charge in [0.25, 0.3) is 5.56 Å². The molecule has 6 nitrogen and oxygen atoms in total. The van der Waals surface area contributed by atoms with Gasteiger partial charge in [-0.25, -0.2) is 0 Å². The summed E-state index contributed by atoms with van der Waals surface area (Å²) in [6.45, 7) is 4.30. The molecule has 0 fully saturated rings. The van der Waals surface area contributed by atoms with E-state index in [2.05, 4.69) is 46.5 Å². The van der Waals surface area contributed by atoms with Gasteiger partial charge in [0.1, 0.15) is 11.4 Å². The minimum atomic E-state index is -0.252. The van der Waals surface area contributed by atoms with Crippen molar-refractivity contribution in [1.82, 2.24) is 15.2 Å². The van der Waals surface area contributed by atoms with Crippen molar-refractivity contribution in [3.8, 4) is 5.75 Å². The van der Waals surface area contributed by atoms with Gasteiger partial charge in [-0.1, -0.05) is 44.2 Å². The molecule has 3 aromatic rings. The highest BCUT2D eigenvalue weighted by Crippen LogP contribution is 2.19. The third-order valence-corrected chi connectivity index (χ3v) is 4.12. The van der Waals surface area contributed by atoms with Crippen molar-refractivity contribution in [3.63, 3.8) is 0 Å². The van der Waals surface area contributed by atoms with Crippen LogP contribution in [-0.2, 0) is 6.42 Å². The Morgan fingerprint density at radius 1 is 1.12 bits per heavy atom. The molecule has 26 heavy (non-hydrogen) atoms. The predicted octanol–water partition coefficient (Wildman–Crippen LogP) is 3.63. The molecule has 0 atom stereocenters. The smallest absolute Gasteiger partial charge is 0.274 e. The number of hydrogen-bond donors (Lipinski definition) is 2. The molecule has 3 rings (SSSR count). The van der Waals surface area contributed by atoms with Gasteiger partial charge in [0, 0.05) is 18.2 Å². The second kappa shape index (κ2) is 7.82. The van der Waals surface area contributed by atoms with E-state index in [1.807, 2.05) is 36.4 Å². The van der Waals surface area contributed by atoms with Gasteiger partial charge in [-0.15, -0.1) is 10.2 Å². The van der Waals surface area contributed by atoms with Crippen LogP contribution in [0.1, 0.15) is 36.6 Å². The van der Waals surface area contributed by atoms with E-state index in [-0.39, 0.29) is 5.56 Å². The zero-order valence-corrected chi connectivity index (χ0v) is 15.1. The zero-order valence-electron chi connectivity index (χ0n) is 15.1. The third-order valence-electron chi connectivity index (χ3n) is 4.12. The standard InChI is InChI=1S/C20H22N4O2/c1-13(2)15-9-7-14(8-10-15)11-18-19(25)22-20(24-23-18)21-16-5-4-6-17(12-16)26-3/h4-10,12-13H,11H2,1-3H3,(H2,21,22,24,25). The average molecular weight is 350 g/mol. The lowest BCUT2D eigenvalue weighted by Crippen LogP contribution is -2.18. The van der Waals surface area contributed by atoms with E-state index in [4.69, 9.17) is 4.74 Å². The molecular formula is C20H22N4O2. The van der Waals surface area contributed by atoms with Crippen molar-refractivity contribution in [3.05, 3.63) is 75.7 Å². The van der Waals surface area contributed by atoms with Crippen molar-refractivity contribution < 1.29 is 4.74 Å². The number of rotatable bonds is 6. The number of H-pyrrole nitrogens is 1. The molecule has 0 spiro atoms. The summed E-state index contributed by atoms with van der Waals surface area (Å²) in [5, 5.41) is 11.2. The van der Waals surface area contributed by atoms with E-state index in [0.29, 0.717) is 29.7 Å². The number of nitrogens with zero attached hydrogens (tertiary/aromatic N) is 2. The molecule has 0 saturated heterocycles. The van der Waals surface area contributed by atoms with Crippen molar-refractivity contribution in [2.75, 3.05) is 12.4 Å². The van der Waals surface area contributed by atoms with Crippen LogP contribution in [0.25, 0.3) is 0 Å². The van der Waals surface area contributed by atoms with Gasteiger partial charge in [-0.05, 0) is 29.2 Å². The Kier molecular flexibility index (Phi) is 5.31. The topological polar surface area (TPSA) is 79.9 Å². The largest absolute Gasteiger partial charge is 0.497 e. The van der Waals surface area contributed by atoms with Gasteiger partial charge in [-0.2, -0.15) is 0 Å². The fourth-order valence-electron chi connectivity index (χ4n) is 2.58. The number of ether oxygens (including phenoxy) is 1. The third kappa shape index (κ3) is 4.27. The number of aromatic nitrogens is 3. The Hall–Kier alpha value is -3.15. The SMILES string of the molecule is COc1cccc(Nc2nnc(Cc3ccc(C(C)C)cc3)c(=O)[nH]2)c1. The lowest BCUT2D eigenvalue weighted by Gasteiger charge is -2.08. The molecule has 0 aliphatic heterocycles. The quantitative estimate of drug-likeness (QED) is 0.709. The maximum Gasteiger partial charge on any atom is 0.274 e. The minimum Gasteiger partial charge on any atom is -0.497 e. The number of anilines is 2. The highest BCUT2D eigenvalue weighted by molar-refractivity contribution is 5.55. The van der Waals surface area contributed by atoms with Crippen molar-refractivity contribution in [2.45, 2.75) is 26.2 Å². The summed E-state index contributed by atoms with van der Waals surface area (Å²) in [5.41, 5.74) is 3.19. The van der Waals surface area contributed by atoms with Crippen LogP contribution in [0.4, 0.5) is 11.6 Å². The van der Waals surface area contributed by atoms with Crippen LogP contribution >= 0.6 is 0 Å². The van der Waals surface area contributed by atoms with Gasteiger partial charge >= 0.3 is 0 Å². The lowest BCUT2D eigenvalue weighted by molar-refractivity contribution is 0.415. The van der Waals surface area contributed by atoms with Crippen LogP contribution in [0.5, 0.6) is 5.75 Å². The lowest BCUT2D eigenvalue weighted by atomic mass is 10.0. The number of nitrogens with one attached hydrogen (secondary N) is 2. The van der Waals surface area contributed by atoms with Crippen LogP contribution < -0.4 is 15.6 Å². The monoisotopic (exact) mass is 350 g/mol. The maximum atomic E-state index is 12.3. The molecule has 2 N–H and O–H groups in total. The number of methoxy groups -OCH3 is 1. The Labute approximate surface area is 152 Å². The summed E-state index contributed by atoms with van der Waals surface area (Å²) < 4.78 is 5.18. The summed E-state index contributed by atoms with van der Waals surface area (Å²) in [6, 6.07) is 15.6. The first-order valence-electron chi connectivity index (χ1n) is 8.51. The van der Waals surface area contributed by atoms with E-state index in [9.17, 15) is 4.79 Å². The molecule has 134 valence electrons. The van der Waals surface area contributed by atoms with Crippen LogP contribution in [0.2, 0.25) is 0 Å². The first-order valence-corrected chi connectivity index (χ1v) is 8.51. The number of benzene rings is 2. The molecule has 0 unspecified atom stereocenters. The highest BCUT2D eigenvalue weighted by Gasteiger charge is 2.07. The molecule has 6 heteroatoms. The summed E-state index contributed by atoms with van der Waals surface area (Å²) in [5.74, 6) is 1.49. The predicted molar refractivity (Wildman–Crippen MR) is 102 cm³/mol. The molecule has 0 saturated carbocycles. The fourth-order valence-corrected chi connectivity index (χ4v) is 2.58. The highest BCUT2D eigenvalue weighted by atomic mass is 16.5. The summed E-state index contributed by atoms with van der Waals surface area (Å²) in [4.78, 5) is 15.0. The molecular weight excluding hydrogens is 328 g/mol. The normalized spacial score (nSPS) is 10.8. The molecule has 2 aromatic carbocycles. The first-order chi connectivity index (χ1) is 12.5. The van der Waals surface area contributed by atoms with Crippen LogP contribution in [0.3, 0.4) is 0 Å². The van der Waals surface area contributed by atoms with Crippen LogP contribution in [0, 0.1) is 0 Å². The van der Waals surface area contributed by atoms with E-state index in [0.717, 1.165) is 11.3 Å². The minimum absolute atomic E-state index is 0.252. The maximum absolute atomic E-state index is 12.3. The second-order valence-corrected chi connectivity index (χ2v) is 6.38. The number of aromatic amines is 1. The summed E-state index contributed by atoms with van der Waals surface area (Å²) in [7, 11) is 1.60. The molecule has 0 radical (unpaired) electrons. The van der Waals surface area contributed by atoms with Gasteiger partial charge in [0.2, 0.25) is 5.95 Å². The Morgan fingerprint density at radius 2 is 1.88 bits per heavy atom. The molecule has 0 amide bonds. The van der Waals surface area contributed by atoms with Gasteiger partial charge in [0.05, 0.1) is 7.11 Å². The van der Waals surface area contributed by atoms with E-state index in [1.54, 1.807) is 7.11 Å². The summed E-state index contributed by atoms with van der Waals surface area (Å²) in [6.07, 6.45) is 0.445. The van der Waals surface area contributed by atoms with Crippen LogP contribution in [-0.4, -0.2) is 22.3 Å². The molecule has 1 heterocycles. The van der Waals surface area contributed by atoms with Gasteiger partial charge in [0.15, 0.2) is 0 Å². The van der Waals surface area contributed by atoms with Crippen LogP contribution in [0.15, 0.2) is 53.3 Å². The van der Waals surface area contributed by atoms with E-state index in [1.165, 1.54) is 5.56 Å². The second-order valence-electron chi connectivity index (χ2n) is 6.38. The Bertz CT molecular complexity index is 933. The van der Waals surface area contributed by atoms with Crippen molar-refractivity contribution in [1.29, 1.82) is 0 Å². The zero-order chi connectivity index (χ0) is 18.5. The van der Waals surface area contributed by atoms with Gasteiger partial charge in [-0.3, -0.25) is 9.78 Å². The molecule has 1 aromatic heterocycles. The molecule has 0 aliphatic carbocycles.